The standard InChI is InChI=1S/C17H22O5/c1-10-5-4-6-13(9-21-12(3)18)8-14(19)16-11(2)17(20)22-15(16)7-10/h6-7,14-16,19H,2,4-5,8-9H2,1,3H3/b10-7+,13-6-/t14-,15-,16?/m1/s1. The summed E-state index contributed by atoms with van der Waals surface area (Å²) in [6.45, 7) is 7.24. The summed E-state index contributed by atoms with van der Waals surface area (Å²) in [5, 5.41) is 10.5. The first-order valence-corrected chi connectivity index (χ1v) is 7.45. The lowest BCUT2D eigenvalue weighted by Crippen LogP contribution is -2.29. The molecule has 0 saturated carbocycles. The van der Waals surface area contributed by atoms with Crippen LogP contribution in [0.5, 0.6) is 0 Å². The van der Waals surface area contributed by atoms with Crippen LogP contribution in [0, 0.1) is 5.92 Å². The maximum Gasteiger partial charge on any atom is 0.334 e. The van der Waals surface area contributed by atoms with E-state index >= 15 is 0 Å². The van der Waals surface area contributed by atoms with Crippen molar-refractivity contribution in [1.29, 1.82) is 0 Å². The first-order chi connectivity index (χ1) is 10.4. The number of hydrogen-bond donors (Lipinski definition) is 1. The molecule has 5 heteroatoms. The normalized spacial score (nSPS) is 33.9. The smallest absolute Gasteiger partial charge is 0.334 e. The second-order valence-corrected chi connectivity index (χ2v) is 5.89. The van der Waals surface area contributed by atoms with E-state index in [-0.39, 0.29) is 12.6 Å². The quantitative estimate of drug-likeness (QED) is 0.480. The monoisotopic (exact) mass is 306 g/mol. The number of allylic oxidation sites excluding steroid dienone is 2. The molecule has 1 heterocycles. The predicted octanol–water partition coefficient (Wildman–Crippen LogP) is 2.06. The lowest BCUT2D eigenvalue weighted by atomic mass is 9.85. The summed E-state index contributed by atoms with van der Waals surface area (Å²) < 4.78 is 10.3. The van der Waals surface area contributed by atoms with Gasteiger partial charge in [-0.2, -0.15) is 0 Å². The van der Waals surface area contributed by atoms with Crippen LogP contribution >= 0.6 is 0 Å². The highest BCUT2D eigenvalue weighted by molar-refractivity contribution is 5.91. The molecule has 0 aromatic carbocycles. The Morgan fingerprint density at radius 3 is 2.95 bits per heavy atom. The lowest BCUT2D eigenvalue weighted by molar-refractivity contribution is -0.140. The maximum absolute atomic E-state index is 11.7. The molecule has 0 radical (unpaired) electrons. The number of fused-ring (bicyclic) bond motifs is 1. The Hall–Kier alpha value is -1.88. The fraction of sp³-hybridized carbons (Fsp3) is 0.529. The van der Waals surface area contributed by atoms with Crippen molar-refractivity contribution in [1.82, 2.24) is 0 Å². The van der Waals surface area contributed by atoms with Crippen molar-refractivity contribution >= 4 is 11.9 Å². The predicted molar refractivity (Wildman–Crippen MR) is 80.8 cm³/mol. The molecule has 1 N–H and O–H groups in total. The van der Waals surface area contributed by atoms with E-state index in [9.17, 15) is 14.7 Å². The first kappa shape index (κ1) is 16.5. The Bertz CT molecular complexity index is 543. The fourth-order valence-corrected chi connectivity index (χ4v) is 2.85. The van der Waals surface area contributed by atoms with Gasteiger partial charge in [0.1, 0.15) is 12.7 Å². The summed E-state index contributed by atoms with van der Waals surface area (Å²) in [4.78, 5) is 22.7. The molecule has 1 unspecified atom stereocenters. The van der Waals surface area contributed by atoms with Crippen molar-refractivity contribution in [2.75, 3.05) is 6.61 Å². The molecular formula is C17H22O5. The number of hydrogen-bond acceptors (Lipinski definition) is 5. The van der Waals surface area contributed by atoms with E-state index in [0.29, 0.717) is 12.0 Å². The van der Waals surface area contributed by atoms with E-state index in [1.165, 1.54) is 6.92 Å². The molecule has 0 bridgehead atoms. The van der Waals surface area contributed by atoms with Gasteiger partial charge in [0.15, 0.2) is 0 Å². The van der Waals surface area contributed by atoms with Crippen LogP contribution in [-0.4, -0.2) is 35.9 Å². The fourth-order valence-electron chi connectivity index (χ4n) is 2.85. The zero-order valence-electron chi connectivity index (χ0n) is 13.0. The second kappa shape index (κ2) is 6.92. The molecule has 1 aliphatic heterocycles. The Kier molecular flexibility index (Phi) is 5.19. The maximum atomic E-state index is 11.7. The number of aliphatic hydroxyl groups excluding tert-OH is 1. The summed E-state index contributed by atoms with van der Waals surface area (Å²) >= 11 is 0. The molecule has 22 heavy (non-hydrogen) atoms. The highest BCUT2D eigenvalue weighted by Crippen LogP contribution is 2.34. The number of aliphatic hydroxyl groups is 1. The average Bonchev–Trinajstić information content (AvgIpc) is 2.70. The number of esters is 2. The topological polar surface area (TPSA) is 72.8 Å². The largest absolute Gasteiger partial charge is 0.461 e. The molecule has 0 spiro atoms. The van der Waals surface area contributed by atoms with E-state index in [1.807, 2.05) is 19.1 Å². The molecule has 1 aliphatic carbocycles. The third kappa shape index (κ3) is 3.85. The van der Waals surface area contributed by atoms with Crippen LogP contribution in [-0.2, 0) is 19.1 Å². The van der Waals surface area contributed by atoms with Gasteiger partial charge in [-0.3, -0.25) is 4.79 Å². The zero-order chi connectivity index (χ0) is 16.3. The van der Waals surface area contributed by atoms with Crippen LogP contribution in [0.2, 0.25) is 0 Å². The lowest BCUT2D eigenvalue weighted by Gasteiger charge is -2.23. The highest BCUT2D eigenvalue weighted by Gasteiger charge is 2.42. The Labute approximate surface area is 130 Å². The minimum Gasteiger partial charge on any atom is -0.461 e. The third-order valence-electron chi connectivity index (χ3n) is 4.03. The Morgan fingerprint density at radius 2 is 2.27 bits per heavy atom. The average molecular weight is 306 g/mol. The summed E-state index contributed by atoms with van der Waals surface area (Å²) in [6.07, 6.45) is 4.57. The van der Waals surface area contributed by atoms with Gasteiger partial charge in [0.05, 0.1) is 12.0 Å². The van der Waals surface area contributed by atoms with Gasteiger partial charge in [0, 0.05) is 12.5 Å². The number of carbonyl (C=O) groups is 2. The first-order valence-electron chi connectivity index (χ1n) is 7.45. The van der Waals surface area contributed by atoms with Crippen LogP contribution in [0.4, 0.5) is 0 Å². The van der Waals surface area contributed by atoms with E-state index in [2.05, 4.69) is 6.58 Å². The van der Waals surface area contributed by atoms with Gasteiger partial charge in [-0.1, -0.05) is 18.2 Å². The molecule has 3 atom stereocenters. The summed E-state index contributed by atoms with van der Waals surface area (Å²) in [7, 11) is 0. The Morgan fingerprint density at radius 1 is 1.55 bits per heavy atom. The van der Waals surface area contributed by atoms with E-state index < -0.39 is 24.1 Å². The van der Waals surface area contributed by atoms with Gasteiger partial charge in [0.2, 0.25) is 0 Å². The molecule has 1 saturated heterocycles. The van der Waals surface area contributed by atoms with Crippen molar-refractivity contribution < 1.29 is 24.2 Å². The van der Waals surface area contributed by atoms with Crippen LogP contribution in [0.25, 0.3) is 0 Å². The minimum absolute atomic E-state index is 0.161. The molecule has 2 rings (SSSR count). The number of rotatable bonds is 2. The number of carbonyl (C=O) groups excluding carboxylic acids is 2. The summed E-state index contributed by atoms with van der Waals surface area (Å²) in [5.41, 5.74) is 2.24. The van der Waals surface area contributed by atoms with Gasteiger partial charge in [-0.05, 0) is 37.8 Å². The molecule has 120 valence electrons. The molecule has 0 amide bonds. The number of ether oxygens (including phenoxy) is 2. The SMILES string of the molecule is C=C1C(=O)O[C@@H]2/C=C(\C)CC/C=C(\COC(C)=O)C[C@@H](O)C12. The zero-order valence-corrected chi connectivity index (χ0v) is 13.0. The van der Waals surface area contributed by atoms with Gasteiger partial charge in [-0.25, -0.2) is 4.79 Å². The van der Waals surface area contributed by atoms with Crippen LogP contribution in [0.3, 0.4) is 0 Å². The molecule has 1 fully saturated rings. The highest BCUT2D eigenvalue weighted by atomic mass is 16.6. The van der Waals surface area contributed by atoms with Crippen LogP contribution in [0.1, 0.15) is 33.1 Å². The molecule has 5 nitrogen and oxygen atoms in total. The second-order valence-electron chi connectivity index (χ2n) is 5.89. The molecule has 0 aromatic rings. The van der Waals surface area contributed by atoms with Crippen LogP contribution in [0.15, 0.2) is 35.5 Å². The van der Waals surface area contributed by atoms with E-state index in [4.69, 9.17) is 9.47 Å². The van der Waals surface area contributed by atoms with Crippen LogP contribution < -0.4 is 0 Å². The summed E-state index contributed by atoms with van der Waals surface area (Å²) in [6, 6.07) is 0. The Balaban J connectivity index is 2.22. The van der Waals surface area contributed by atoms with Gasteiger partial charge >= 0.3 is 11.9 Å². The van der Waals surface area contributed by atoms with Crippen molar-refractivity contribution in [2.45, 2.75) is 45.3 Å². The van der Waals surface area contributed by atoms with Gasteiger partial charge < -0.3 is 14.6 Å². The molecular weight excluding hydrogens is 284 g/mol. The molecule has 0 aromatic heterocycles. The molecule has 2 aliphatic rings. The van der Waals surface area contributed by atoms with Gasteiger partial charge in [0.25, 0.3) is 0 Å². The van der Waals surface area contributed by atoms with Crippen molar-refractivity contribution in [3.05, 3.63) is 35.5 Å². The summed E-state index contributed by atoms with van der Waals surface area (Å²) in [5.74, 6) is -1.27. The van der Waals surface area contributed by atoms with E-state index in [0.717, 1.165) is 24.0 Å². The third-order valence-corrected chi connectivity index (χ3v) is 4.03. The minimum atomic E-state index is -0.798. The van der Waals surface area contributed by atoms with E-state index in [1.54, 1.807) is 0 Å². The van der Waals surface area contributed by atoms with Gasteiger partial charge in [-0.15, -0.1) is 0 Å². The van der Waals surface area contributed by atoms with Crippen molar-refractivity contribution in [2.24, 2.45) is 5.92 Å². The van der Waals surface area contributed by atoms with Crippen molar-refractivity contribution in [3.63, 3.8) is 0 Å². The van der Waals surface area contributed by atoms with Crippen molar-refractivity contribution in [3.8, 4) is 0 Å².